The van der Waals surface area contributed by atoms with E-state index >= 15 is 0 Å². The Labute approximate surface area is 161 Å². The van der Waals surface area contributed by atoms with Crippen LogP contribution in [0.25, 0.3) is 5.69 Å². The van der Waals surface area contributed by atoms with E-state index in [1.165, 1.54) is 22.0 Å². The number of thioether (sulfide) groups is 1. The molecule has 2 aromatic carbocycles. The number of amides is 1. The van der Waals surface area contributed by atoms with Crippen molar-refractivity contribution in [3.8, 4) is 11.4 Å². The molecule has 1 amide bonds. The Morgan fingerprint density at radius 2 is 1.78 bits per heavy atom. The number of aromatic hydroxyl groups is 1. The molecule has 0 saturated heterocycles. The van der Waals surface area contributed by atoms with Crippen LogP contribution in [0, 0.1) is 0 Å². The molecule has 0 aliphatic carbocycles. The first-order chi connectivity index (χ1) is 12.8. The lowest BCUT2D eigenvalue weighted by atomic mass is 9.87. The molecule has 3 rings (SSSR count). The highest BCUT2D eigenvalue weighted by atomic mass is 32.2. The molecular weight excluding hydrogens is 362 g/mol. The summed E-state index contributed by atoms with van der Waals surface area (Å²) in [7, 11) is 0. The van der Waals surface area contributed by atoms with Crippen molar-refractivity contribution in [3.05, 3.63) is 54.1 Å². The van der Waals surface area contributed by atoms with E-state index in [0.29, 0.717) is 10.8 Å². The fourth-order valence-corrected chi connectivity index (χ4v) is 3.10. The summed E-state index contributed by atoms with van der Waals surface area (Å²) in [5.74, 6) is 0.209. The van der Waals surface area contributed by atoms with Crippen LogP contribution in [0.1, 0.15) is 26.3 Å². The molecule has 27 heavy (non-hydrogen) atoms. The summed E-state index contributed by atoms with van der Waals surface area (Å²) < 4.78 is 1.52. The van der Waals surface area contributed by atoms with Crippen molar-refractivity contribution in [2.24, 2.45) is 0 Å². The zero-order valence-electron chi connectivity index (χ0n) is 15.4. The molecule has 0 atom stereocenters. The Bertz CT molecular complexity index is 915. The molecule has 1 aromatic heterocycles. The second-order valence-electron chi connectivity index (χ2n) is 7.05. The molecule has 7 nitrogen and oxygen atoms in total. The predicted octanol–water partition coefficient (Wildman–Crippen LogP) is 3.40. The first-order valence-electron chi connectivity index (χ1n) is 8.44. The van der Waals surface area contributed by atoms with E-state index in [9.17, 15) is 9.90 Å². The zero-order valence-corrected chi connectivity index (χ0v) is 16.2. The number of phenolic OH excluding ortho intramolecular Hbond substituents is 1. The molecular formula is C19H21N5O2S. The van der Waals surface area contributed by atoms with Crippen LogP contribution in [0.2, 0.25) is 0 Å². The largest absolute Gasteiger partial charge is 0.508 e. The molecule has 0 bridgehead atoms. The maximum atomic E-state index is 12.2. The van der Waals surface area contributed by atoms with Gasteiger partial charge in [0.2, 0.25) is 11.1 Å². The first kappa shape index (κ1) is 18.9. The third kappa shape index (κ3) is 4.85. The van der Waals surface area contributed by atoms with Crippen molar-refractivity contribution in [1.29, 1.82) is 0 Å². The lowest BCUT2D eigenvalue weighted by molar-refractivity contribution is -0.113. The van der Waals surface area contributed by atoms with Gasteiger partial charge < -0.3 is 10.4 Å². The number of anilines is 1. The number of hydrogen-bond acceptors (Lipinski definition) is 6. The summed E-state index contributed by atoms with van der Waals surface area (Å²) in [5, 5.41) is 24.3. The minimum Gasteiger partial charge on any atom is -0.508 e. The van der Waals surface area contributed by atoms with Gasteiger partial charge in [-0.15, -0.1) is 5.10 Å². The third-order valence-electron chi connectivity index (χ3n) is 3.90. The van der Waals surface area contributed by atoms with Gasteiger partial charge in [0.05, 0.1) is 11.4 Å². The molecule has 2 N–H and O–H groups in total. The van der Waals surface area contributed by atoms with Crippen LogP contribution in [-0.4, -0.2) is 37.0 Å². The Kier molecular flexibility index (Phi) is 5.46. The summed E-state index contributed by atoms with van der Waals surface area (Å²) in [6.07, 6.45) is 0. The lowest BCUT2D eigenvalue weighted by Crippen LogP contribution is -2.15. The normalized spacial score (nSPS) is 11.4. The highest BCUT2D eigenvalue weighted by molar-refractivity contribution is 7.99. The predicted molar refractivity (Wildman–Crippen MR) is 105 cm³/mol. The molecule has 140 valence electrons. The molecule has 0 saturated carbocycles. The number of phenols is 1. The number of aromatic nitrogens is 4. The molecule has 8 heteroatoms. The van der Waals surface area contributed by atoms with E-state index in [2.05, 4.69) is 41.6 Å². The summed E-state index contributed by atoms with van der Waals surface area (Å²) in [6.45, 7) is 6.44. The summed E-state index contributed by atoms with van der Waals surface area (Å²) >= 11 is 1.24. The van der Waals surface area contributed by atoms with Gasteiger partial charge >= 0.3 is 0 Å². The number of nitrogens with zero attached hydrogens (tertiary/aromatic N) is 4. The maximum Gasteiger partial charge on any atom is 0.234 e. The Morgan fingerprint density at radius 1 is 1.11 bits per heavy atom. The van der Waals surface area contributed by atoms with E-state index in [4.69, 9.17) is 0 Å². The van der Waals surface area contributed by atoms with E-state index in [1.807, 2.05) is 24.3 Å². The van der Waals surface area contributed by atoms with Gasteiger partial charge in [0.25, 0.3) is 0 Å². The van der Waals surface area contributed by atoms with Gasteiger partial charge in [-0.1, -0.05) is 44.7 Å². The minimum absolute atomic E-state index is 0.0731. The summed E-state index contributed by atoms with van der Waals surface area (Å²) in [6, 6.07) is 14.4. The number of carbonyl (C=O) groups excluding carboxylic acids is 1. The molecule has 0 radical (unpaired) electrons. The van der Waals surface area contributed by atoms with Crippen molar-refractivity contribution >= 4 is 23.4 Å². The lowest BCUT2D eigenvalue weighted by Gasteiger charge is -2.19. The van der Waals surface area contributed by atoms with Gasteiger partial charge in [-0.3, -0.25) is 4.79 Å². The molecule has 0 fully saturated rings. The van der Waals surface area contributed by atoms with Crippen LogP contribution in [-0.2, 0) is 10.2 Å². The van der Waals surface area contributed by atoms with Crippen molar-refractivity contribution in [1.82, 2.24) is 20.2 Å². The molecule has 0 spiro atoms. The number of rotatable bonds is 5. The van der Waals surface area contributed by atoms with Crippen LogP contribution in [0.5, 0.6) is 5.75 Å². The number of benzene rings is 2. The number of nitrogens with one attached hydrogen (secondary N) is 1. The monoisotopic (exact) mass is 383 g/mol. The molecule has 0 unspecified atom stereocenters. The number of hydrogen-bond donors (Lipinski definition) is 2. The fraction of sp³-hybridized carbons (Fsp3) is 0.263. The van der Waals surface area contributed by atoms with Gasteiger partial charge in [0, 0.05) is 5.69 Å². The molecule has 0 aliphatic rings. The smallest absolute Gasteiger partial charge is 0.234 e. The zero-order chi connectivity index (χ0) is 19.4. The van der Waals surface area contributed by atoms with Crippen molar-refractivity contribution in [2.75, 3.05) is 11.1 Å². The third-order valence-corrected chi connectivity index (χ3v) is 4.82. The van der Waals surface area contributed by atoms with E-state index in [1.54, 1.807) is 24.3 Å². The van der Waals surface area contributed by atoms with Gasteiger partial charge in [-0.05, 0) is 57.8 Å². The average molecular weight is 383 g/mol. The molecule has 3 aromatic rings. The van der Waals surface area contributed by atoms with Crippen molar-refractivity contribution < 1.29 is 9.90 Å². The van der Waals surface area contributed by atoms with E-state index < -0.39 is 0 Å². The molecule has 0 aliphatic heterocycles. The SMILES string of the molecule is CC(C)(C)c1ccc(NC(=O)CSc2nnnn2-c2ccc(O)cc2)cc1. The number of carbonyl (C=O) groups is 1. The number of tetrazole rings is 1. The van der Waals surface area contributed by atoms with Crippen LogP contribution in [0.3, 0.4) is 0 Å². The minimum atomic E-state index is -0.135. The van der Waals surface area contributed by atoms with Crippen LogP contribution in [0.4, 0.5) is 5.69 Å². The highest BCUT2D eigenvalue weighted by Gasteiger charge is 2.14. The van der Waals surface area contributed by atoms with E-state index in [0.717, 1.165) is 5.69 Å². The van der Waals surface area contributed by atoms with Gasteiger partial charge in [0.15, 0.2) is 0 Å². The van der Waals surface area contributed by atoms with Crippen LogP contribution in [0.15, 0.2) is 53.7 Å². The van der Waals surface area contributed by atoms with E-state index in [-0.39, 0.29) is 22.8 Å². The van der Waals surface area contributed by atoms with Crippen LogP contribution < -0.4 is 5.32 Å². The summed E-state index contributed by atoms with van der Waals surface area (Å²) in [5.41, 5.74) is 2.75. The topological polar surface area (TPSA) is 92.9 Å². The van der Waals surface area contributed by atoms with Gasteiger partial charge in [0.1, 0.15) is 5.75 Å². The first-order valence-corrected chi connectivity index (χ1v) is 9.42. The average Bonchev–Trinajstić information content (AvgIpc) is 3.09. The Morgan fingerprint density at radius 3 is 2.41 bits per heavy atom. The molecule has 1 heterocycles. The quantitative estimate of drug-likeness (QED) is 0.656. The second-order valence-corrected chi connectivity index (χ2v) is 8.00. The second kappa shape index (κ2) is 7.79. The fourth-order valence-electron chi connectivity index (χ4n) is 2.41. The Balaban J connectivity index is 1.60. The van der Waals surface area contributed by atoms with Gasteiger partial charge in [-0.25, -0.2) is 0 Å². The standard InChI is InChI=1S/C19H21N5O2S/c1-19(2,3)13-4-6-14(7-5-13)20-17(26)12-27-18-21-22-23-24(18)15-8-10-16(25)11-9-15/h4-11,25H,12H2,1-3H3,(H,20,26). The maximum absolute atomic E-state index is 12.2. The summed E-state index contributed by atoms with van der Waals surface area (Å²) in [4.78, 5) is 12.2. The highest BCUT2D eigenvalue weighted by Crippen LogP contribution is 2.24. The van der Waals surface area contributed by atoms with Crippen molar-refractivity contribution in [3.63, 3.8) is 0 Å². The van der Waals surface area contributed by atoms with Crippen LogP contribution >= 0.6 is 11.8 Å². The van der Waals surface area contributed by atoms with Crippen molar-refractivity contribution in [2.45, 2.75) is 31.3 Å². The van der Waals surface area contributed by atoms with Gasteiger partial charge in [-0.2, -0.15) is 4.68 Å². The Hall–Kier alpha value is -2.87.